The Bertz CT molecular complexity index is 2180. The zero-order chi connectivity index (χ0) is 56.0. The quantitative estimate of drug-likeness (QED) is 0.0319. The van der Waals surface area contributed by atoms with Gasteiger partial charge < -0.3 is 90.6 Å². The van der Waals surface area contributed by atoms with Gasteiger partial charge >= 0.3 is 5.97 Å². The summed E-state index contributed by atoms with van der Waals surface area (Å²) in [5.74, 6) is -12.7. The number of aliphatic hydroxyl groups excluding tert-OH is 3. The van der Waals surface area contributed by atoms with Crippen molar-refractivity contribution >= 4 is 70.9 Å². The number of aromatic hydroxyl groups is 1. The number of aliphatic carboxylic acids is 1. The topological polar surface area (TPSA) is 498 Å². The van der Waals surface area contributed by atoms with Crippen molar-refractivity contribution in [2.24, 2.45) is 28.9 Å². The van der Waals surface area contributed by atoms with Crippen molar-refractivity contribution in [3.05, 3.63) is 29.8 Å². The van der Waals surface area contributed by atoms with E-state index in [-0.39, 0.29) is 56.7 Å². The SMILES string of the molecule is CC(C)C[C@H](NC(=O)[C@@H]1CCCN1C(=O)[C@H](Cc1ccc(O)cc1)NC(=O)[C@H](CO)NC(=O)[C@H](CCC(N)=O)NC(=O)[C@H](CO)NC(=O)[C@H](CCC(N)=O)NC(=O)[C@@H](N)CCC(N)=O)C(=O)N[C@H](C(=O)O)[C@@H](C)O. The molecule has 0 aromatic heterocycles. The number of nitrogens with two attached hydrogens (primary N) is 4. The van der Waals surface area contributed by atoms with Crippen LogP contribution in [0.25, 0.3) is 0 Å². The van der Waals surface area contributed by atoms with Crippen molar-refractivity contribution in [3.63, 3.8) is 0 Å². The number of rotatable bonds is 32. The van der Waals surface area contributed by atoms with Crippen LogP contribution in [-0.2, 0) is 64.0 Å². The molecule has 10 atom stereocenters. The van der Waals surface area contributed by atoms with Crippen LogP contribution >= 0.6 is 0 Å². The molecule has 1 aliphatic rings. The minimum absolute atomic E-state index is 0.0189. The van der Waals surface area contributed by atoms with E-state index < -0.39 is 170 Å². The molecule has 1 aliphatic heterocycles. The number of phenols is 1. The average molecular weight is 1050 g/mol. The van der Waals surface area contributed by atoms with E-state index in [4.69, 9.17) is 22.9 Å². The molecule has 1 saturated heterocycles. The van der Waals surface area contributed by atoms with E-state index >= 15 is 0 Å². The van der Waals surface area contributed by atoms with Crippen LogP contribution in [0.1, 0.15) is 84.1 Å². The Morgan fingerprint density at radius 3 is 1.49 bits per heavy atom. The second kappa shape index (κ2) is 30.5. The number of nitrogens with zero attached hydrogens (tertiary/aromatic N) is 1. The maximum atomic E-state index is 14.4. The van der Waals surface area contributed by atoms with E-state index in [2.05, 4.69) is 37.2 Å². The number of carbonyl (C=O) groups excluding carboxylic acids is 11. The average Bonchev–Trinajstić information content (AvgIpc) is 3.83. The number of carbonyl (C=O) groups is 12. The molecule has 11 amide bonds. The summed E-state index contributed by atoms with van der Waals surface area (Å²) < 4.78 is 0. The lowest BCUT2D eigenvalue weighted by Gasteiger charge is -2.31. The number of amides is 11. The lowest BCUT2D eigenvalue weighted by atomic mass is 10.0. The highest BCUT2D eigenvalue weighted by Gasteiger charge is 2.41. The monoisotopic (exact) mass is 1050 g/mol. The number of aliphatic hydroxyl groups is 3. The summed E-state index contributed by atoms with van der Waals surface area (Å²) in [6, 6.07) is -8.73. The molecular formula is C45H70N12O17. The van der Waals surface area contributed by atoms with Crippen LogP contribution in [0, 0.1) is 5.92 Å². The Balaban J connectivity index is 2.37. The Hall–Kier alpha value is -7.50. The molecule has 0 radical (unpaired) electrons. The van der Waals surface area contributed by atoms with E-state index in [0.29, 0.717) is 5.56 Å². The number of phenolic OH excluding ortho intramolecular Hbond substituents is 1. The number of carboxylic acid groups (broad SMARTS) is 1. The summed E-state index contributed by atoms with van der Waals surface area (Å²) in [6.07, 6.45) is -3.83. The van der Waals surface area contributed by atoms with E-state index in [1.807, 2.05) is 0 Å². The molecule has 0 saturated carbocycles. The molecule has 0 unspecified atom stereocenters. The molecule has 74 heavy (non-hydrogen) atoms. The van der Waals surface area contributed by atoms with Crippen molar-refractivity contribution in [2.75, 3.05) is 19.8 Å². The molecule has 2 rings (SSSR count). The first-order valence-electron chi connectivity index (χ1n) is 23.6. The number of likely N-dealkylation sites (tertiary alicyclic amines) is 1. The molecule has 0 bridgehead atoms. The predicted molar refractivity (Wildman–Crippen MR) is 256 cm³/mol. The standard InChI is InChI=1S/C45H70N12O17/c1-21(2)17-28(40(68)56-36(22(3)60)45(73)74)52-43(71)32-5-4-16-57(32)44(72)29(18-23-6-8-24(61)9-7-23)53-42(70)31(20-59)55-39(67)27(12-15-35(49)64)51-41(69)30(19-58)54-38(66)26(11-14-34(48)63)50-37(65)25(46)10-13-33(47)62/h6-9,21-22,25-32,36,58-61H,4-5,10-20,46H2,1-3H3,(H2,47,62)(H2,48,63)(H2,49,64)(H,50,65)(H,51,69)(H,52,71)(H,53,70)(H,54,66)(H,55,67)(H,56,68)(H,73,74)/t22-,25+,26+,27+,28+,29+,30+,31+,32+,36+/m1/s1. The van der Waals surface area contributed by atoms with Gasteiger partial charge in [-0.05, 0) is 69.1 Å². The molecule has 29 nitrogen and oxygen atoms in total. The Kier molecular flexibility index (Phi) is 25.8. The zero-order valence-corrected chi connectivity index (χ0v) is 41.2. The summed E-state index contributed by atoms with van der Waals surface area (Å²) in [4.78, 5) is 156. The molecule has 0 aliphatic carbocycles. The van der Waals surface area contributed by atoms with Crippen LogP contribution in [0.4, 0.5) is 0 Å². The van der Waals surface area contributed by atoms with E-state index in [0.717, 1.165) is 11.8 Å². The highest BCUT2D eigenvalue weighted by atomic mass is 16.4. The van der Waals surface area contributed by atoms with Gasteiger partial charge in [-0.25, -0.2) is 4.79 Å². The Morgan fingerprint density at radius 2 is 1.04 bits per heavy atom. The van der Waals surface area contributed by atoms with Gasteiger partial charge in [0.2, 0.25) is 65.0 Å². The summed E-state index contributed by atoms with van der Waals surface area (Å²) in [5.41, 5.74) is 21.8. The summed E-state index contributed by atoms with van der Waals surface area (Å²) in [7, 11) is 0. The number of carboxylic acids is 1. The Morgan fingerprint density at radius 1 is 0.608 bits per heavy atom. The lowest BCUT2D eigenvalue weighted by Crippen LogP contribution is -2.61. The molecule has 1 aromatic rings. The van der Waals surface area contributed by atoms with Crippen molar-refractivity contribution in [3.8, 4) is 5.75 Å². The van der Waals surface area contributed by atoms with Crippen molar-refractivity contribution in [1.29, 1.82) is 0 Å². The van der Waals surface area contributed by atoms with Crippen molar-refractivity contribution < 1.29 is 83.1 Å². The first kappa shape index (κ1) is 62.6. The van der Waals surface area contributed by atoms with Gasteiger partial charge in [-0.3, -0.25) is 52.7 Å². The third-order valence-electron chi connectivity index (χ3n) is 11.5. The van der Waals surface area contributed by atoms with Crippen molar-refractivity contribution in [2.45, 2.75) is 145 Å². The fourth-order valence-corrected chi connectivity index (χ4v) is 7.48. The molecule has 20 N–H and O–H groups in total. The highest BCUT2D eigenvalue weighted by molar-refractivity contribution is 5.98. The fourth-order valence-electron chi connectivity index (χ4n) is 7.48. The molecule has 412 valence electrons. The summed E-state index contributed by atoms with van der Waals surface area (Å²) >= 11 is 0. The van der Waals surface area contributed by atoms with Crippen LogP contribution in [0.3, 0.4) is 0 Å². The smallest absolute Gasteiger partial charge is 0.328 e. The minimum atomic E-state index is -1.88. The Labute approximate surface area is 425 Å². The van der Waals surface area contributed by atoms with Crippen LogP contribution in [-0.4, -0.2) is 182 Å². The number of hydrogen-bond donors (Lipinski definition) is 16. The van der Waals surface area contributed by atoms with Gasteiger partial charge in [0.15, 0.2) is 6.04 Å². The van der Waals surface area contributed by atoms with Crippen molar-refractivity contribution in [1.82, 2.24) is 42.1 Å². The first-order valence-corrected chi connectivity index (χ1v) is 23.6. The minimum Gasteiger partial charge on any atom is -0.508 e. The van der Waals surface area contributed by atoms with Gasteiger partial charge in [-0.1, -0.05) is 26.0 Å². The predicted octanol–water partition coefficient (Wildman–Crippen LogP) is -7.06. The zero-order valence-electron chi connectivity index (χ0n) is 41.2. The molecule has 1 heterocycles. The van der Waals surface area contributed by atoms with Crippen LogP contribution in [0.5, 0.6) is 5.75 Å². The molecule has 0 spiro atoms. The molecular weight excluding hydrogens is 981 g/mol. The summed E-state index contributed by atoms with van der Waals surface area (Å²) in [5, 5.41) is 65.9. The third-order valence-corrected chi connectivity index (χ3v) is 11.5. The number of hydrogen-bond acceptors (Lipinski definition) is 17. The van der Waals surface area contributed by atoms with Crippen LogP contribution in [0.2, 0.25) is 0 Å². The number of benzene rings is 1. The van der Waals surface area contributed by atoms with Crippen LogP contribution in [0.15, 0.2) is 24.3 Å². The maximum absolute atomic E-state index is 14.4. The van der Waals surface area contributed by atoms with Gasteiger partial charge in [-0.15, -0.1) is 0 Å². The fraction of sp³-hybridized carbons (Fsp3) is 0.600. The lowest BCUT2D eigenvalue weighted by molar-refractivity contribution is -0.146. The first-order chi connectivity index (χ1) is 34.7. The highest BCUT2D eigenvalue weighted by Crippen LogP contribution is 2.21. The van der Waals surface area contributed by atoms with Gasteiger partial charge in [0, 0.05) is 32.2 Å². The maximum Gasteiger partial charge on any atom is 0.328 e. The summed E-state index contributed by atoms with van der Waals surface area (Å²) in [6.45, 7) is 2.36. The van der Waals surface area contributed by atoms with Gasteiger partial charge in [-0.2, -0.15) is 0 Å². The second-order valence-electron chi connectivity index (χ2n) is 18.1. The number of primary amides is 3. The van der Waals surface area contributed by atoms with Gasteiger partial charge in [0.25, 0.3) is 0 Å². The molecule has 29 heteroatoms. The van der Waals surface area contributed by atoms with Crippen LogP contribution < -0.4 is 60.2 Å². The van der Waals surface area contributed by atoms with E-state index in [1.54, 1.807) is 13.8 Å². The van der Waals surface area contributed by atoms with Gasteiger partial charge in [0.1, 0.15) is 48.0 Å². The largest absolute Gasteiger partial charge is 0.508 e. The number of nitrogens with one attached hydrogen (secondary N) is 7. The molecule has 1 aromatic carbocycles. The normalized spacial score (nSPS) is 16.8. The van der Waals surface area contributed by atoms with E-state index in [1.165, 1.54) is 24.3 Å². The van der Waals surface area contributed by atoms with Gasteiger partial charge in [0.05, 0.1) is 25.4 Å². The van der Waals surface area contributed by atoms with E-state index in [9.17, 15) is 83.1 Å². The molecule has 1 fully saturated rings. The third kappa shape index (κ3) is 20.9. The second-order valence-corrected chi connectivity index (χ2v) is 18.1.